The lowest BCUT2D eigenvalue weighted by atomic mass is 10.2. The molecule has 4 nitrogen and oxygen atoms in total. The highest BCUT2D eigenvalue weighted by molar-refractivity contribution is 5.88. The second kappa shape index (κ2) is 6.25. The van der Waals surface area contributed by atoms with Gasteiger partial charge in [0.2, 0.25) is 0 Å². The molecule has 2 amide bonds. The molecule has 1 aromatic carbocycles. The van der Waals surface area contributed by atoms with E-state index in [0.717, 1.165) is 23.9 Å². The number of pyridine rings is 1. The van der Waals surface area contributed by atoms with Crippen molar-refractivity contribution < 1.29 is 18.0 Å². The number of halogens is 3. The highest BCUT2D eigenvalue weighted by Gasteiger charge is 2.32. The highest BCUT2D eigenvalue weighted by atomic mass is 19.4. The average Bonchev–Trinajstić information content (AvgIpc) is 2.46. The third-order valence-electron chi connectivity index (χ3n) is 2.61. The van der Waals surface area contributed by atoms with Gasteiger partial charge in [0.05, 0.1) is 11.9 Å². The molecule has 0 aliphatic heterocycles. The molecular weight excluding hydrogens is 283 g/mol. The molecule has 110 valence electrons. The van der Waals surface area contributed by atoms with E-state index in [1.165, 1.54) is 0 Å². The van der Waals surface area contributed by atoms with E-state index < -0.39 is 17.9 Å². The van der Waals surface area contributed by atoms with Gasteiger partial charge in [-0.15, -0.1) is 0 Å². The van der Waals surface area contributed by atoms with Gasteiger partial charge in [-0.25, -0.2) is 9.78 Å². The lowest BCUT2D eigenvalue weighted by Gasteiger charge is -2.09. The molecule has 0 radical (unpaired) electrons. The SMILES string of the molecule is O=C(NCc1ccccc1)Nc1ccc(C(F)(F)F)nc1. The van der Waals surface area contributed by atoms with Crippen LogP contribution in [0.4, 0.5) is 23.7 Å². The second-order valence-electron chi connectivity index (χ2n) is 4.22. The standard InChI is InChI=1S/C14H12F3N3O/c15-14(16,17)12-7-6-11(9-18-12)20-13(21)19-8-10-4-2-1-3-5-10/h1-7,9H,8H2,(H2,19,20,21). The summed E-state index contributed by atoms with van der Waals surface area (Å²) in [5.74, 6) is 0. The van der Waals surface area contributed by atoms with Crippen molar-refractivity contribution >= 4 is 11.7 Å². The van der Waals surface area contributed by atoms with Crippen molar-refractivity contribution in [1.29, 1.82) is 0 Å². The summed E-state index contributed by atoms with van der Waals surface area (Å²) in [4.78, 5) is 14.8. The first-order chi connectivity index (χ1) is 9.95. The Morgan fingerprint density at radius 2 is 1.81 bits per heavy atom. The van der Waals surface area contributed by atoms with Crippen LogP contribution in [0.25, 0.3) is 0 Å². The summed E-state index contributed by atoms with van der Waals surface area (Å²) in [5, 5.41) is 5.00. The van der Waals surface area contributed by atoms with Gasteiger partial charge in [0.1, 0.15) is 5.69 Å². The van der Waals surface area contributed by atoms with Crippen molar-refractivity contribution in [1.82, 2.24) is 10.3 Å². The second-order valence-corrected chi connectivity index (χ2v) is 4.22. The maximum absolute atomic E-state index is 12.3. The third kappa shape index (κ3) is 4.48. The number of benzene rings is 1. The molecule has 1 aromatic heterocycles. The van der Waals surface area contributed by atoms with Crippen LogP contribution < -0.4 is 10.6 Å². The predicted octanol–water partition coefficient (Wildman–Crippen LogP) is 3.42. The Balaban J connectivity index is 1.88. The van der Waals surface area contributed by atoms with Crippen LogP contribution >= 0.6 is 0 Å². The van der Waals surface area contributed by atoms with Gasteiger partial charge >= 0.3 is 12.2 Å². The molecule has 2 N–H and O–H groups in total. The van der Waals surface area contributed by atoms with Crippen LogP contribution in [0, 0.1) is 0 Å². The fourth-order valence-electron chi connectivity index (χ4n) is 1.59. The molecule has 0 fully saturated rings. The van der Waals surface area contributed by atoms with E-state index >= 15 is 0 Å². The number of aromatic nitrogens is 1. The van der Waals surface area contributed by atoms with Crippen LogP contribution in [0.5, 0.6) is 0 Å². The Kier molecular flexibility index (Phi) is 4.42. The molecule has 2 rings (SSSR count). The number of urea groups is 1. The number of hydrogen-bond acceptors (Lipinski definition) is 2. The first-order valence-electron chi connectivity index (χ1n) is 6.07. The Hall–Kier alpha value is -2.57. The fraction of sp³-hybridized carbons (Fsp3) is 0.143. The summed E-state index contributed by atoms with van der Waals surface area (Å²) in [5.41, 5.74) is 0.101. The zero-order valence-electron chi connectivity index (χ0n) is 10.8. The van der Waals surface area contributed by atoms with Gasteiger partial charge in [0.15, 0.2) is 0 Å². The Bertz CT molecular complexity index is 597. The number of hydrogen-bond donors (Lipinski definition) is 2. The van der Waals surface area contributed by atoms with Gasteiger partial charge < -0.3 is 10.6 Å². The lowest BCUT2D eigenvalue weighted by molar-refractivity contribution is -0.141. The summed E-state index contributed by atoms with van der Waals surface area (Å²) in [6.45, 7) is 0.320. The minimum absolute atomic E-state index is 0.188. The largest absolute Gasteiger partial charge is 0.433 e. The number of carbonyl (C=O) groups is 1. The van der Waals surface area contributed by atoms with E-state index in [2.05, 4.69) is 15.6 Å². The van der Waals surface area contributed by atoms with Gasteiger partial charge in [0.25, 0.3) is 0 Å². The van der Waals surface area contributed by atoms with Gasteiger partial charge in [0, 0.05) is 6.54 Å². The molecule has 0 unspecified atom stereocenters. The monoisotopic (exact) mass is 295 g/mol. The summed E-state index contributed by atoms with van der Waals surface area (Å²) >= 11 is 0. The van der Waals surface area contributed by atoms with Gasteiger partial charge in [-0.3, -0.25) is 0 Å². The molecule has 0 bridgehead atoms. The van der Waals surface area contributed by atoms with E-state index in [0.29, 0.717) is 6.54 Å². The number of alkyl halides is 3. The van der Waals surface area contributed by atoms with Gasteiger partial charge in [-0.05, 0) is 17.7 Å². The van der Waals surface area contributed by atoms with Crippen LogP contribution in [0.3, 0.4) is 0 Å². The Morgan fingerprint density at radius 3 is 2.38 bits per heavy atom. The normalized spacial score (nSPS) is 11.0. The fourth-order valence-corrected chi connectivity index (χ4v) is 1.59. The molecule has 0 saturated heterocycles. The third-order valence-corrected chi connectivity index (χ3v) is 2.61. The summed E-state index contributed by atoms with van der Waals surface area (Å²) in [7, 11) is 0. The molecule has 0 atom stereocenters. The summed E-state index contributed by atoms with van der Waals surface area (Å²) in [6.07, 6.45) is -3.53. The van der Waals surface area contributed by atoms with E-state index in [1.54, 1.807) is 0 Å². The molecule has 0 aliphatic carbocycles. The number of amides is 2. The highest BCUT2D eigenvalue weighted by Crippen LogP contribution is 2.27. The topological polar surface area (TPSA) is 54.0 Å². The Morgan fingerprint density at radius 1 is 1.10 bits per heavy atom. The number of carbonyl (C=O) groups excluding carboxylic acids is 1. The maximum atomic E-state index is 12.3. The first-order valence-corrected chi connectivity index (χ1v) is 6.07. The molecule has 0 saturated carbocycles. The van der Waals surface area contributed by atoms with Gasteiger partial charge in [-0.2, -0.15) is 13.2 Å². The number of nitrogens with one attached hydrogen (secondary N) is 2. The average molecular weight is 295 g/mol. The molecular formula is C14H12F3N3O. The van der Waals surface area contributed by atoms with Crippen molar-refractivity contribution in [2.45, 2.75) is 12.7 Å². The van der Waals surface area contributed by atoms with Crippen molar-refractivity contribution in [3.8, 4) is 0 Å². The summed E-state index contributed by atoms with van der Waals surface area (Å²) in [6, 6.07) is 10.7. The van der Waals surface area contributed by atoms with Crippen LogP contribution in [0.2, 0.25) is 0 Å². The predicted molar refractivity (Wildman–Crippen MR) is 71.5 cm³/mol. The quantitative estimate of drug-likeness (QED) is 0.911. The van der Waals surface area contributed by atoms with E-state index in [4.69, 9.17) is 0 Å². The van der Waals surface area contributed by atoms with Crippen molar-refractivity contribution in [2.24, 2.45) is 0 Å². The number of nitrogens with zero attached hydrogens (tertiary/aromatic N) is 1. The molecule has 2 aromatic rings. The molecule has 0 aliphatic rings. The van der Waals surface area contributed by atoms with Crippen molar-refractivity contribution in [3.63, 3.8) is 0 Å². The van der Waals surface area contributed by atoms with E-state index in [9.17, 15) is 18.0 Å². The zero-order valence-corrected chi connectivity index (χ0v) is 10.8. The smallest absolute Gasteiger partial charge is 0.334 e. The molecule has 21 heavy (non-hydrogen) atoms. The van der Waals surface area contributed by atoms with Crippen molar-refractivity contribution in [2.75, 3.05) is 5.32 Å². The molecule has 0 spiro atoms. The van der Waals surface area contributed by atoms with E-state index in [-0.39, 0.29) is 5.69 Å². The van der Waals surface area contributed by atoms with E-state index in [1.807, 2.05) is 30.3 Å². The summed E-state index contributed by atoms with van der Waals surface area (Å²) < 4.78 is 37.0. The van der Waals surface area contributed by atoms with Crippen LogP contribution in [-0.4, -0.2) is 11.0 Å². The molecule has 1 heterocycles. The number of rotatable bonds is 3. The Labute approximate surface area is 119 Å². The first kappa shape index (κ1) is 14.8. The minimum atomic E-state index is -4.49. The van der Waals surface area contributed by atoms with Crippen molar-refractivity contribution in [3.05, 3.63) is 59.9 Å². The van der Waals surface area contributed by atoms with Crippen LogP contribution in [0.15, 0.2) is 48.7 Å². The minimum Gasteiger partial charge on any atom is -0.334 e. The molecule has 7 heteroatoms. The van der Waals surface area contributed by atoms with Crippen LogP contribution in [0.1, 0.15) is 11.3 Å². The van der Waals surface area contributed by atoms with Gasteiger partial charge in [-0.1, -0.05) is 30.3 Å². The van der Waals surface area contributed by atoms with Crippen LogP contribution in [-0.2, 0) is 12.7 Å². The lowest BCUT2D eigenvalue weighted by Crippen LogP contribution is -2.28. The zero-order chi connectivity index (χ0) is 15.3. The number of anilines is 1. The maximum Gasteiger partial charge on any atom is 0.433 e.